The molecule has 0 atom stereocenters. The van der Waals surface area contributed by atoms with Crippen LogP contribution in [0.2, 0.25) is 0 Å². The third-order valence-electron chi connectivity index (χ3n) is 3.96. The smallest absolute Gasteiger partial charge is 0.336 e. The number of phenols is 1. The van der Waals surface area contributed by atoms with Crippen molar-refractivity contribution in [2.24, 2.45) is 0 Å². The molecule has 4 aromatic rings. The number of nitrogens with one attached hydrogen (secondary N) is 1. The van der Waals surface area contributed by atoms with Gasteiger partial charge in [0.05, 0.1) is 0 Å². The van der Waals surface area contributed by atoms with E-state index < -0.39 is 5.63 Å². The molecule has 2 aromatic carbocycles. The number of nitrogens with zero attached hydrogens (tertiary/aromatic N) is 2. The van der Waals surface area contributed by atoms with E-state index in [1.54, 1.807) is 12.1 Å². The van der Waals surface area contributed by atoms with Crippen LogP contribution in [0.5, 0.6) is 5.75 Å². The van der Waals surface area contributed by atoms with Crippen LogP contribution in [0.3, 0.4) is 0 Å². The highest BCUT2D eigenvalue weighted by Crippen LogP contribution is 2.27. The van der Waals surface area contributed by atoms with E-state index in [9.17, 15) is 9.90 Å². The van der Waals surface area contributed by atoms with Gasteiger partial charge in [-0.25, -0.2) is 9.78 Å². The number of phenolic OH excluding ortho intramolecular Hbond substituents is 1. The molecule has 0 fully saturated rings. The first-order valence-electron chi connectivity index (χ1n) is 7.96. The van der Waals surface area contributed by atoms with Crippen molar-refractivity contribution in [3.05, 3.63) is 70.1 Å². The molecule has 26 heavy (non-hydrogen) atoms. The molecule has 4 rings (SSSR count). The molecule has 0 saturated carbocycles. The highest BCUT2D eigenvalue weighted by molar-refractivity contribution is 7.98. The average molecular weight is 365 g/mol. The van der Waals surface area contributed by atoms with Crippen molar-refractivity contribution in [3.8, 4) is 17.1 Å². The van der Waals surface area contributed by atoms with E-state index >= 15 is 0 Å². The average Bonchev–Trinajstić information content (AvgIpc) is 3.08. The first kappa shape index (κ1) is 16.4. The molecule has 0 aliphatic carbocycles. The van der Waals surface area contributed by atoms with E-state index in [1.165, 1.54) is 29.5 Å². The maximum Gasteiger partial charge on any atom is 0.336 e. The summed E-state index contributed by atoms with van der Waals surface area (Å²) in [5.41, 5.74) is 2.88. The van der Waals surface area contributed by atoms with Gasteiger partial charge in [0, 0.05) is 28.8 Å². The number of fused-ring (bicyclic) bond motifs is 1. The zero-order valence-electron chi connectivity index (χ0n) is 13.9. The minimum atomic E-state index is -0.450. The summed E-state index contributed by atoms with van der Waals surface area (Å²) >= 11 is 1.42. The van der Waals surface area contributed by atoms with Crippen molar-refractivity contribution in [1.82, 2.24) is 15.2 Å². The molecule has 0 radical (unpaired) electrons. The second-order valence-corrected chi connectivity index (χ2v) is 6.83. The summed E-state index contributed by atoms with van der Waals surface area (Å²) in [4.78, 5) is 16.2. The molecular formula is C19H15N3O3S. The van der Waals surface area contributed by atoms with Gasteiger partial charge in [0.15, 0.2) is 5.82 Å². The van der Waals surface area contributed by atoms with E-state index in [1.807, 2.05) is 31.2 Å². The number of H-pyrrole nitrogens is 1. The zero-order chi connectivity index (χ0) is 18.1. The van der Waals surface area contributed by atoms with Crippen molar-refractivity contribution >= 4 is 22.7 Å². The summed E-state index contributed by atoms with van der Waals surface area (Å²) in [5.74, 6) is 1.27. The predicted molar refractivity (Wildman–Crippen MR) is 100 cm³/mol. The number of aromatic hydroxyl groups is 1. The molecule has 7 heteroatoms. The lowest BCUT2D eigenvalue weighted by molar-refractivity contribution is 0.473. The Labute approximate surface area is 152 Å². The Balaban J connectivity index is 1.57. The van der Waals surface area contributed by atoms with Gasteiger partial charge < -0.3 is 9.52 Å². The third-order valence-corrected chi connectivity index (χ3v) is 4.86. The molecule has 2 N–H and O–H groups in total. The van der Waals surface area contributed by atoms with Gasteiger partial charge in [-0.1, -0.05) is 41.6 Å². The fourth-order valence-corrected chi connectivity index (χ4v) is 3.42. The lowest BCUT2D eigenvalue weighted by Gasteiger charge is -2.04. The summed E-state index contributed by atoms with van der Waals surface area (Å²) in [5, 5.41) is 18.1. The van der Waals surface area contributed by atoms with Gasteiger partial charge in [-0.2, -0.15) is 0 Å². The largest absolute Gasteiger partial charge is 0.508 e. The van der Waals surface area contributed by atoms with E-state index in [0.717, 1.165) is 16.5 Å². The van der Waals surface area contributed by atoms with Crippen LogP contribution in [0.1, 0.15) is 11.1 Å². The Bertz CT molecular complexity index is 1130. The number of rotatable bonds is 4. The summed E-state index contributed by atoms with van der Waals surface area (Å²) in [6, 6.07) is 14.2. The van der Waals surface area contributed by atoms with Gasteiger partial charge in [0.25, 0.3) is 0 Å². The van der Waals surface area contributed by atoms with Gasteiger partial charge >= 0.3 is 5.63 Å². The topological polar surface area (TPSA) is 92.0 Å². The van der Waals surface area contributed by atoms with Gasteiger partial charge in [-0.15, -0.1) is 5.10 Å². The maximum atomic E-state index is 11.7. The molecule has 0 spiro atoms. The van der Waals surface area contributed by atoms with Crippen LogP contribution >= 0.6 is 11.8 Å². The minimum absolute atomic E-state index is 0.0576. The summed E-state index contributed by atoms with van der Waals surface area (Å²) in [6.07, 6.45) is 0. The number of aromatic nitrogens is 3. The second-order valence-electron chi connectivity index (χ2n) is 5.89. The summed E-state index contributed by atoms with van der Waals surface area (Å²) < 4.78 is 5.14. The highest BCUT2D eigenvalue weighted by Gasteiger charge is 2.10. The highest BCUT2D eigenvalue weighted by atomic mass is 32.2. The lowest BCUT2D eigenvalue weighted by atomic mass is 10.1. The number of benzene rings is 2. The second kappa shape index (κ2) is 6.68. The molecule has 0 aliphatic heterocycles. The van der Waals surface area contributed by atoms with Crippen LogP contribution in [0.25, 0.3) is 22.4 Å². The number of hydrogen-bond acceptors (Lipinski definition) is 6. The van der Waals surface area contributed by atoms with Crippen molar-refractivity contribution < 1.29 is 9.52 Å². The van der Waals surface area contributed by atoms with Crippen LogP contribution < -0.4 is 5.63 Å². The minimum Gasteiger partial charge on any atom is -0.508 e. The van der Waals surface area contributed by atoms with Crippen molar-refractivity contribution in [3.63, 3.8) is 0 Å². The molecule has 0 saturated heterocycles. The molecule has 130 valence electrons. The van der Waals surface area contributed by atoms with E-state index in [-0.39, 0.29) is 5.75 Å². The molecule has 2 aromatic heterocycles. The van der Waals surface area contributed by atoms with Crippen molar-refractivity contribution in [1.29, 1.82) is 0 Å². The van der Waals surface area contributed by atoms with Crippen LogP contribution in [-0.2, 0) is 5.75 Å². The van der Waals surface area contributed by atoms with Crippen LogP contribution in [0, 0.1) is 6.92 Å². The van der Waals surface area contributed by atoms with Gasteiger partial charge in [0.2, 0.25) is 5.16 Å². The lowest BCUT2D eigenvalue weighted by Crippen LogP contribution is -1.99. The Morgan fingerprint density at radius 1 is 1.15 bits per heavy atom. The summed E-state index contributed by atoms with van der Waals surface area (Å²) in [7, 11) is 0. The standard InChI is InChI=1S/C19H15N3O3S/c1-11-2-4-12(5-3-11)18-20-19(22-21-18)26-10-13-8-17(24)25-16-9-14(23)6-7-15(13)16/h2-9,23H,10H2,1H3,(H,20,21,22). The molecular weight excluding hydrogens is 350 g/mol. The number of thioether (sulfide) groups is 1. The van der Waals surface area contributed by atoms with Gasteiger partial charge in [-0.3, -0.25) is 5.10 Å². The van der Waals surface area contributed by atoms with E-state index in [4.69, 9.17) is 4.42 Å². The Kier molecular flexibility index (Phi) is 4.22. The SMILES string of the molecule is Cc1ccc(-c2nc(SCc3cc(=O)oc4cc(O)ccc34)n[nH]2)cc1. The first-order chi connectivity index (χ1) is 12.6. The third kappa shape index (κ3) is 3.34. The van der Waals surface area contributed by atoms with Crippen molar-refractivity contribution in [2.75, 3.05) is 0 Å². The Morgan fingerprint density at radius 2 is 1.96 bits per heavy atom. The normalized spacial score (nSPS) is 11.1. The first-order valence-corrected chi connectivity index (χ1v) is 8.95. The van der Waals surface area contributed by atoms with Gasteiger partial charge in [-0.05, 0) is 24.6 Å². The van der Waals surface area contributed by atoms with Crippen LogP contribution in [-0.4, -0.2) is 20.3 Å². The summed E-state index contributed by atoms with van der Waals surface area (Å²) in [6.45, 7) is 2.03. The van der Waals surface area contributed by atoms with Crippen molar-refractivity contribution in [2.45, 2.75) is 17.8 Å². The molecule has 0 unspecified atom stereocenters. The Morgan fingerprint density at radius 3 is 2.77 bits per heavy atom. The maximum absolute atomic E-state index is 11.7. The molecule has 6 nitrogen and oxygen atoms in total. The zero-order valence-corrected chi connectivity index (χ0v) is 14.7. The molecule has 2 heterocycles. The van der Waals surface area contributed by atoms with Crippen LogP contribution in [0.15, 0.2) is 62.9 Å². The van der Waals surface area contributed by atoms with E-state index in [2.05, 4.69) is 15.2 Å². The number of aromatic amines is 1. The Hall–Kier alpha value is -3.06. The fourth-order valence-electron chi connectivity index (χ4n) is 2.63. The number of aryl methyl sites for hydroxylation is 1. The monoisotopic (exact) mass is 365 g/mol. The van der Waals surface area contributed by atoms with Crippen LogP contribution in [0.4, 0.5) is 0 Å². The number of hydrogen-bond donors (Lipinski definition) is 2. The van der Waals surface area contributed by atoms with Gasteiger partial charge in [0.1, 0.15) is 11.3 Å². The predicted octanol–water partition coefficient (Wildman–Crippen LogP) is 3.88. The van der Waals surface area contributed by atoms with E-state index in [0.29, 0.717) is 22.3 Å². The molecule has 0 aliphatic rings. The fraction of sp³-hybridized carbons (Fsp3) is 0.105. The molecule has 0 amide bonds. The molecule has 0 bridgehead atoms. The quantitative estimate of drug-likeness (QED) is 0.421.